The van der Waals surface area contributed by atoms with Crippen molar-refractivity contribution in [1.29, 1.82) is 0 Å². The standard InChI is InChI=1S/C24H14ClN3O3S/c25-17-9-6-14(7-10-17)12-19-22(29)28(21(26-19)15-4-2-1-3-5-15)24-27-18-11-8-16(23(30)31)13-20(18)32-24/h1-13H,(H,30,31). The highest BCUT2D eigenvalue weighted by Crippen LogP contribution is 2.34. The molecule has 0 fully saturated rings. The average Bonchev–Trinajstić information content (AvgIpc) is 3.36. The van der Waals surface area contributed by atoms with Crippen LogP contribution >= 0.6 is 22.9 Å². The van der Waals surface area contributed by atoms with E-state index < -0.39 is 5.97 Å². The van der Waals surface area contributed by atoms with E-state index in [4.69, 9.17) is 11.6 Å². The normalized spacial score (nSPS) is 14.9. The number of amides is 1. The number of thiazole rings is 1. The second-order valence-electron chi connectivity index (χ2n) is 7.01. The van der Waals surface area contributed by atoms with Gasteiger partial charge in [0.15, 0.2) is 5.13 Å². The number of fused-ring (bicyclic) bond motifs is 1. The fourth-order valence-electron chi connectivity index (χ4n) is 3.33. The minimum absolute atomic E-state index is 0.167. The summed E-state index contributed by atoms with van der Waals surface area (Å²) in [6.45, 7) is 0. The van der Waals surface area contributed by atoms with Crippen molar-refractivity contribution in [2.24, 2.45) is 4.99 Å². The summed E-state index contributed by atoms with van der Waals surface area (Å²) in [7, 11) is 0. The van der Waals surface area contributed by atoms with Gasteiger partial charge in [0.1, 0.15) is 11.5 Å². The number of aliphatic imine (C=N–C) groups is 1. The fourth-order valence-corrected chi connectivity index (χ4v) is 4.46. The maximum atomic E-state index is 13.4. The first-order valence-electron chi connectivity index (χ1n) is 9.59. The number of carbonyl (C=O) groups is 2. The molecule has 1 amide bonds. The Morgan fingerprint density at radius 1 is 1.03 bits per heavy atom. The summed E-state index contributed by atoms with van der Waals surface area (Å²) in [4.78, 5) is 35.4. The number of hydrogen-bond acceptors (Lipinski definition) is 5. The van der Waals surface area contributed by atoms with Gasteiger partial charge in [-0.2, -0.15) is 0 Å². The number of aromatic nitrogens is 1. The van der Waals surface area contributed by atoms with Crippen molar-refractivity contribution in [2.45, 2.75) is 0 Å². The number of rotatable bonds is 4. The molecular weight excluding hydrogens is 446 g/mol. The molecule has 8 heteroatoms. The molecule has 3 aromatic carbocycles. The molecule has 1 aliphatic rings. The third-order valence-corrected chi connectivity index (χ3v) is 6.14. The average molecular weight is 460 g/mol. The van der Waals surface area contributed by atoms with Crippen molar-refractivity contribution in [3.63, 3.8) is 0 Å². The summed E-state index contributed by atoms with van der Waals surface area (Å²) in [6, 6.07) is 21.2. The summed E-state index contributed by atoms with van der Waals surface area (Å²) in [5, 5.41) is 10.3. The molecule has 0 bridgehead atoms. The SMILES string of the molecule is O=C(O)c1ccc2nc(N3C(=O)C(=Cc4ccc(Cl)cc4)N=C3c3ccccc3)sc2c1. The number of carboxylic acids is 1. The van der Waals surface area contributed by atoms with E-state index in [9.17, 15) is 14.7 Å². The number of nitrogens with zero attached hydrogens (tertiary/aromatic N) is 3. The van der Waals surface area contributed by atoms with E-state index in [0.29, 0.717) is 26.2 Å². The minimum Gasteiger partial charge on any atom is -0.478 e. The lowest BCUT2D eigenvalue weighted by atomic mass is 10.2. The van der Waals surface area contributed by atoms with E-state index in [1.807, 2.05) is 42.5 Å². The molecule has 1 aromatic heterocycles. The van der Waals surface area contributed by atoms with Crippen LogP contribution in [0.3, 0.4) is 0 Å². The third kappa shape index (κ3) is 3.68. The van der Waals surface area contributed by atoms with Crippen LogP contribution in [0.4, 0.5) is 5.13 Å². The first-order chi connectivity index (χ1) is 15.5. The van der Waals surface area contributed by atoms with Gasteiger partial charge in [0.2, 0.25) is 0 Å². The Balaban J connectivity index is 1.62. The van der Waals surface area contributed by atoms with Crippen molar-refractivity contribution in [2.75, 3.05) is 4.90 Å². The lowest BCUT2D eigenvalue weighted by molar-refractivity contribution is -0.113. The van der Waals surface area contributed by atoms with Crippen molar-refractivity contribution < 1.29 is 14.7 Å². The second-order valence-corrected chi connectivity index (χ2v) is 8.45. The molecule has 0 atom stereocenters. The van der Waals surface area contributed by atoms with Crippen molar-refractivity contribution in [3.05, 3.63) is 100 Å². The van der Waals surface area contributed by atoms with Crippen molar-refractivity contribution >= 4 is 62.1 Å². The lowest BCUT2D eigenvalue weighted by Crippen LogP contribution is -2.32. The number of carboxylic acid groups (broad SMARTS) is 1. The Morgan fingerprint density at radius 2 is 1.78 bits per heavy atom. The van der Waals surface area contributed by atoms with Crippen molar-refractivity contribution in [3.8, 4) is 0 Å². The summed E-state index contributed by atoms with van der Waals surface area (Å²) in [5.41, 5.74) is 2.62. The summed E-state index contributed by atoms with van der Waals surface area (Å²) in [5.74, 6) is -0.858. The van der Waals surface area contributed by atoms with E-state index >= 15 is 0 Å². The molecular formula is C24H14ClN3O3S. The largest absolute Gasteiger partial charge is 0.478 e. The molecule has 1 aliphatic heterocycles. The first kappa shape index (κ1) is 20.1. The molecule has 0 saturated heterocycles. The van der Waals surface area contributed by atoms with Gasteiger partial charge < -0.3 is 5.11 Å². The molecule has 0 saturated carbocycles. The Morgan fingerprint density at radius 3 is 2.50 bits per heavy atom. The van der Waals surface area contributed by atoms with Gasteiger partial charge in [-0.1, -0.05) is 65.4 Å². The van der Waals surface area contributed by atoms with Gasteiger partial charge in [0.25, 0.3) is 5.91 Å². The smallest absolute Gasteiger partial charge is 0.335 e. The molecule has 32 heavy (non-hydrogen) atoms. The van der Waals surface area contributed by atoms with Crippen LogP contribution in [0.5, 0.6) is 0 Å². The number of benzene rings is 3. The monoisotopic (exact) mass is 459 g/mol. The molecule has 156 valence electrons. The molecule has 6 nitrogen and oxygen atoms in total. The van der Waals surface area contributed by atoms with Gasteiger partial charge in [-0.3, -0.25) is 4.79 Å². The van der Waals surface area contributed by atoms with Gasteiger partial charge in [-0.05, 0) is 42.0 Å². The van der Waals surface area contributed by atoms with Crippen molar-refractivity contribution in [1.82, 2.24) is 4.98 Å². The van der Waals surface area contributed by atoms with Gasteiger partial charge in [0, 0.05) is 10.6 Å². The molecule has 2 heterocycles. The summed E-state index contributed by atoms with van der Waals surface area (Å²) >= 11 is 7.21. The zero-order valence-electron chi connectivity index (χ0n) is 16.4. The molecule has 0 radical (unpaired) electrons. The number of amidine groups is 1. The zero-order valence-corrected chi connectivity index (χ0v) is 18.0. The van der Waals surface area contributed by atoms with E-state index in [0.717, 1.165) is 11.1 Å². The predicted molar refractivity (Wildman–Crippen MR) is 126 cm³/mol. The fraction of sp³-hybridized carbons (Fsp3) is 0. The van der Waals surface area contributed by atoms with E-state index in [2.05, 4.69) is 9.98 Å². The van der Waals surface area contributed by atoms with E-state index in [1.54, 1.807) is 30.3 Å². The van der Waals surface area contributed by atoms with Gasteiger partial charge in [0.05, 0.1) is 15.8 Å². The van der Waals surface area contributed by atoms with Crippen LogP contribution in [-0.2, 0) is 4.79 Å². The topological polar surface area (TPSA) is 82.9 Å². The number of hydrogen-bond donors (Lipinski definition) is 1. The maximum Gasteiger partial charge on any atom is 0.335 e. The van der Waals surface area contributed by atoms with Crippen LogP contribution in [0.25, 0.3) is 16.3 Å². The van der Waals surface area contributed by atoms with Gasteiger partial charge in [-0.25, -0.2) is 19.7 Å². The Hall–Kier alpha value is -3.81. The maximum absolute atomic E-state index is 13.4. The van der Waals surface area contributed by atoms with E-state index in [1.165, 1.54) is 22.3 Å². The third-order valence-electron chi connectivity index (χ3n) is 4.88. The predicted octanol–water partition coefficient (Wildman–Crippen LogP) is 5.48. The highest BCUT2D eigenvalue weighted by Gasteiger charge is 2.34. The Kier molecular flexibility index (Phi) is 5.05. The van der Waals surface area contributed by atoms with Crippen LogP contribution in [0, 0.1) is 0 Å². The molecule has 0 spiro atoms. The molecule has 4 aromatic rings. The Labute approximate surface area is 191 Å². The minimum atomic E-state index is -1.01. The molecule has 5 rings (SSSR count). The van der Waals surface area contributed by atoms with Crippen LogP contribution in [-0.4, -0.2) is 27.8 Å². The quantitative estimate of drug-likeness (QED) is 0.409. The van der Waals surface area contributed by atoms with E-state index in [-0.39, 0.29) is 17.2 Å². The van der Waals surface area contributed by atoms with Gasteiger partial charge in [-0.15, -0.1) is 0 Å². The molecule has 0 aliphatic carbocycles. The number of aromatic carboxylic acids is 1. The first-order valence-corrected chi connectivity index (χ1v) is 10.8. The highest BCUT2D eigenvalue weighted by atomic mass is 35.5. The van der Waals surface area contributed by atoms with Crippen LogP contribution in [0.15, 0.2) is 83.5 Å². The lowest BCUT2D eigenvalue weighted by Gasteiger charge is -2.14. The number of carbonyl (C=O) groups excluding carboxylic acids is 1. The number of halogens is 1. The second kappa shape index (κ2) is 8.03. The summed E-state index contributed by atoms with van der Waals surface area (Å²) < 4.78 is 0.676. The molecule has 0 unspecified atom stereocenters. The highest BCUT2D eigenvalue weighted by molar-refractivity contribution is 7.22. The van der Waals surface area contributed by atoms with Gasteiger partial charge >= 0.3 is 5.97 Å². The summed E-state index contributed by atoms with van der Waals surface area (Å²) in [6.07, 6.45) is 1.71. The zero-order chi connectivity index (χ0) is 22.2. The number of anilines is 1. The Bertz CT molecular complexity index is 1430. The van der Waals surface area contributed by atoms with Crippen LogP contribution in [0.2, 0.25) is 5.02 Å². The molecule has 1 N–H and O–H groups in total. The van der Waals surface area contributed by atoms with Crippen LogP contribution < -0.4 is 4.90 Å². The van der Waals surface area contributed by atoms with Crippen LogP contribution in [0.1, 0.15) is 21.5 Å².